The highest BCUT2D eigenvalue weighted by atomic mass is 16.5. The van der Waals surface area contributed by atoms with E-state index < -0.39 is 5.97 Å². The van der Waals surface area contributed by atoms with Gasteiger partial charge in [-0.2, -0.15) is 0 Å². The average molecular weight is 356 g/mol. The maximum Gasteiger partial charge on any atom is 0.313 e. The standard InChI is InChI=1S/C21H24O5/c1-15(22)26-18-11-6-8-16(13-18)7-5-10-17-9-3-4-12-19(17)20(23)14-21(24)25-2/h3-4,9,12,16,18H,6-8,11,13-14H2,1-2H3/t16-,18+/m1/s1. The molecule has 0 N–H and O–H groups in total. The number of Topliss-reactive ketones (excluding diaryl/α,β-unsaturated/α-hetero) is 1. The second-order valence-electron chi connectivity index (χ2n) is 6.49. The first-order chi connectivity index (χ1) is 12.5. The molecule has 0 spiro atoms. The molecule has 5 nitrogen and oxygen atoms in total. The fourth-order valence-corrected chi connectivity index (χ4v) is 3.19. The lowest BCUT2D eigenvalue weighted by Crippen LogP contribution is -2.24. The predicted octanol–water partition coefficient (Wildman–Crippen LogP) is 3.30. The first kappa shape index (κ1) is 19.7. The van der Waals surface area contributed by atoms with Crippen LogP contribution in [0, 0.1) is 17.8 Å². The van der Waals surface area contributed by atoms with Gasteiger partial charge in [-0.05, 0) is 37.7 Å². The molecule has 1 fully saturated rings. The van der Waals surface area contributed by atoms with Crippen molar-refractivity contribution in [3.63, 3.8) is 0 Å². The number of ether oxygens (including phenoxy) is 2. The second-order valence-corrected chi connectivity index (χ2v) is 6.49. The Bertz CT molecular complexity index is 725. The molecule has 1 aromatic carbocycles. The number of methoxy groups -OCH3 is 1. The summed E-state index contributed by atoms with van der Waals surface area (Å²) in [4.78, 5) is 34.6. The van der Waals surface area contributed by atoms with Gasteiger partial charge in [-0.15, -0.1) is 0 Å². The van der Waals surface area contributed by atoms with Crippen LogP contribution in [-0.2, 0) is 19.1 Å². The fraction of sp³-hybridized carbons (Fsp3) is 0.476. The van der Waals surface area contributed by atoms with Crippen LogP contribution in [0.25, 0.3) is 0 Å². The van der Waals surface area contributed by atoms with Gasteiger partial charge in [0, 0.05) is 24.5 Å². The summed E-state index contributed by atoms with van der Waals surface area (Å²) in [6, 6.07) is 7.02. The number of hydrogen-bond donors (Lipinski definition) is 0. The molecule has 138 valence electrons. The Balaban J connectivity index is 2.00. The SMILES string of the molecule is COC(=O)CC(=O)c1ccccc1C#CC[C@@H]1CCC[C@H](OC(C)=O)C1. The van der Waals surface area contributed by atoms with Crippen LogP contribution >= 0.6 is 0 Å². The van der Waals surface area contributed by atoms with Gasteiger partial charge in [-0.25, -0.2) is 0 Å². The smallest absolute Gasteiger partial charge is 0.313 e. The van der Waals surface area contributed by atoms with E-state index in [0.29, 0.717) is 23.5 Å². The molecular formula is C21H24O5. The van der Waals surface area contributed by atoms with Crippen molar-refractivity contribution in [3.05, 3.63) is 35.4 Å². The first-order valence-electron chi connectivity index (χ1n) is 8.84. The minimum absolute atomic E-state index is 0.0121. The van der Waals surface area contributed by atoms with Gasteiger partial charge >= 0.3 is 11.9 Å². The molecule has 0 unspecified atom stereocenters. The molecule has 0 radical (unpaired) electrons. The summed E-state index contributed by atoms with van der Waals surface area (Å²) in [7, 11) is 1.26. The second kappa shape index (κ2) is 9.76. The molecule has 0 aromatic heterocycles. The van der Waals surface area contributed by atoms with E-state index in [9.17, 15) is 14.4 Å². The van der Waals surface area contributed by atoms with Crippen LogP contribution in [-0.4, -0.2) is 30.9 Å². The zero-order chi connectivity index (χ0) is 18.9. The topological polar surface area (TPSA) is 69.7 Å². The van der Waals surface area contributed by atoms with Gasteiger partial charge < -0.3 is 9.47 Å². The van der Waals surface area contributed by atoms with Gasteiger partial charge in [0.1, 0.15) is 12.5 Å². The van der Waals surface area contributed by atoms with Crippen molar-refractivity contribution in [2.45, 2.75) is 51.6 Å². The minimum Gasteiger partial charge on any atom is -0.469 e. The lowest BCUT2D eigenvalue weighted by Gasteiger charge is -2.27. The van der Waals surface area contributed by atoms with E-state index >= 15 is 0 Å². The quantitative estimate of drug-likeness (QED) is 0.350. The van der Waals surface area contributed by atoms with Gasteiger partial charge in [0.15, 0.2) is 5.78 Å². The highest BCUT2D eigenvalue weighted by molar-refractivity contribution is 6.07. The maximum atomic E-state index is 12.2. The minimum atomic E-state index is -0.559. The molecule has 1 aliphatic rings. The van der Waals surface area contributed by atoms with Gasteiger partial charge in [0.25, 0.3) is 0 Å². The van der Waals surface area contributed by atoms with Crippen molar-refractivity contribution in [1.82, 2.24) is 0 Å². The summed E-state index contributed by atoms with van der Waals surface area (Å²) in [5.41, 5.74) is 1.06. The predicted molar refractivity (Wildman–Crippen MR) is 96.4 cm³/mol. The Morgan fingerprint density at radius 3 is 2.69 bits per heavy atom. The van der Waals surface area contributed by atoms with Gasteiger partial charge in [0.2, 0.25) is 0 Å². The highest BCUT2D eigenvalue weighted by Gasteiger charge is 2.23. The first-order valence-corrected chi connectivity index (χ1v) is 8.84. The average Bonchev–Trinajstić information content (AvgIpc) is 2.61. The third-order valence-electron chi connectivity index (χ3n) is 4.44. The number of hydrogen-bond acceptors (Lipinski definition) is 5. The van der Waals surface area contributed by atoms with E-state index in [2.05, 4.69) is 16.6 Å². The molecule has 0 aliphatic heterocycles. The Labute approximate surface area is 154 Å². The maximum absolute atomic E-state index is 12.2. The molecule has 2 atom stereocenters. The number of ketones is 1. The molecule has 1 saturated carbocycles. The van der Waals surface area contributed by atoms with E-state index in [1.165, 1.54) is 14.0 Å². The van der Waals surface area contributed by atoms with Crippen LogP contribution in [0.2, 0.25) is 0 Å². The fourth-order valence-electron chi connectivity index (χ4n) is 3.19. The largest absolute Gasteiger partial charge is 0.469 e. The zero-order valence-corrected chi connectivity index (χ0v) is 15.2. The molecular weight excluding hydrogens is 332 g/mol. The van der Waals surface area contributed by atoms with Crippen molar-refractivity contribution in [1.29, 1.82) is 0 Å². The number of esters is 2. The van der Waals surface area contributed by atoms with Crippen LogP contribution in [0.5, 0.6) is 0 Å². The molecule has 0 bridgehead atoms. The summed E-state index contributed by atoms with van der Waals surface area (Å²) in [6.45, 7) is 1.44. The molecule has 1 aliphatic carbocycles. The lowest BCUT2D eigenvalue weighted by molar-refractivity contribution is -0.148. The van der Waals surface area contributed by atoms with Gasteiger partial charge in [-0.1, -0.05) is 30.0 Å². The van der Waals surface area contributed by atoms with Crippen molar-refractivity contribution < 1.29 is 23.9 Å². The number of carbonyl (C=O) groups is 3. The van der Waals surface area contributed by atoms with E-state index in [4.69, 9.17) is 4.74 Å². The van der Waals surface area contributed by atoms with Gasteiger partial charge in [0.05, 0.1) is 7.11 Å². The van der Waals surface area contributed by atoms with Crippen LogP contribution in [0.3, 0.4) is 0 Å². The Morgan fingerprint density at radius 1 is 1.19 bits per heavy atom. The molecule has 0 amide bonds. The lowest BCUT2D eigenvalue weighted by atomic mass is 9.85. The molecule has 0 saturated heterocycles. The van der Waals surface area contributed by atoms with Crippen molar-refractivity contribution in [2.24, 2.45) is 5.92 Å². The Kier molecular flexibility index (Phi) is 7.40. The molecule has 1 aromatic rings. The van der Waals surface area contributed by atoms with E-state index in [-0.39, 0.29) is 24.3 Å². The summed E-state index contributed by atoms with van der Waals surface area (Å²) >= 11 is 0. The van der Waals surface area contributed by atoms with Crippen molar-refractivity contribution in [3.8, 4) is 11.8 Å². The van der Waals surface area contributed by atoms with Crippen molar-refractivity contribution >= 4 is 17.7 Å². The van der Waals surface area contributed by atoms with Crippen molar-refractivity contribution in [2.75, 3.05) is 7.11 Å². The number of carbonyl (C=O) groups excluding carboxylic acids is 3. The Hall–Kier alpha value is -2.61. The summed E-state index contributed by atoms with van der Waals surface area (Å²) < 4.78 is 9.86. The van der Waals surface area contributed by atoms with E-state index in [1.807, 2.05) is 6.07 Å². The van der Waals surface area contributed by atoms with Crippen LogP contribution in [0.4, 0.5) is 0 Å². The molecule has 2 rings (SSSR count). The third-order valence-corrected chi connectivity index (χ3v) is 4.44. The Morgan fingerprint density at radius 2 is 1.96 bits per heavy atom. The van der Waals surface area contributed by atoms with Crippen LogP contribution in [0.15, 0.2) is 24.3 Å². The van der Waals surface area contributed by atoms with Gasteiger partial charge in [-0.3, -0.25) is 14.4 Å². The highest BCUT2D eigenvalue weighted by Crippen LogP contribution is 2.28. The summed E-state index contributed by atoms with van der Waals surface area (Å²) in [5.74, 6) is 5.50. The molecule has 0 heterocycles. The molecule has 26 heavy (non-hydrogen) atoms. The zero-order valence-electron chi connectivity index (χ0n) is 15.2. The number of rotatable bonds is 5. The third kappa shape index (κ3) is 6.03. The van der Waals surface area contributed by atoms with E-state index in [0.717, 1.165) is 25.7 Å². The normalized spacial score (nSPS) is 19.0. The van der Waals surface area contributed by atoms with E-state index in [1.54, 1.807) is 18.2 Å². The monoisotopic (exact) mass is 356 g/mol. The summed E-state index contributed by atoms with van der Waals surface area (Å²) in [5, 5.41) is 0. The van der Waals surface area contributed by atoms with Crippen LogP contribution < -0.4 is 0 Å². The summed E-state index contributed by atoms with van der Waals surface area (Å²) in [6.07, 6.45) is 4.22. The van der Waals surface area contributed by atoms with Crippen LogP contribution in [0.1, 0.15) is 61.4 Å². The molecule has 5 heteroatoms. The number of benzene rings is 1.